The van der Waals surface area contributed by atoms with Crippen molar-refractivity contribution in [3.8, 4) is 16.3 Å². The van der Waals surface area contributed by atoms with E-state index in [1.807, 2.05) is 38.1 Å². The fourth-order valence-electron chi connectivity index (χ4n) is 3.37. The second-order valence-electron chi connectivity index (χ2n) is 7.97. The molecular weight excluding hydrogens is 520 g/mol. The van der Waals surface area contributed by atoms with E-state index in [1.165, 1.54) is 36.6 Å². The first-order valence-corrected chi connectivity index (χ1v) is 13.4. The third-order valence-electron chi connectivity index (χ3n) is 5.28. The van der Waals surface area contributed by atoms with Gasteiger partial charge in [-0.2, -0.15) is 0 Å². The number of nitrogens with zero attached hydrogens (tertiary/aromatic N) is 3. The smallest absolute Gasteiger partial charge is 0.264 e. The Kier molecular flexibility index (Phi) is 7.58. The summed E-state index contributed by atoms with van der Waals surface area (Å²) >= 11 is 7.37. The van der Waals surface area contributed by atoms with Crippen LogP contribution in [0.3, 0.4) is 0 Å². The van der Waals surface area contributed by atoms with Gasteiger partial charge in [-0.05, 0) is 44.2 Å². The minimum atomic E-state index is -4.15. The number of carbonyl (C=O) groups is 1. The molecule has 0 fully saturated rings. The highest BCUT2D eigenvalue weighted by molar-refractivity contribution is 7.92. The average molecular weight is 543 g/mol. The molecule has 186 valence electrons. The zero-order chi connectivity index (χ0) is 25.9. The normalized spacial score (nSPS) is 11.2. The number of anilines is 2. The van der Waals surface area contributed by atoms with Gasteiger partial charge < -0.3 is 4.74 Å². The molecule has 1 amide bonds. The van der Waals surface area contributed by atoms with Gasteiger partial charge in [0.05, 0.1) is 17.7 Å². The molecule has 0 saturated carbocycles. The average Bonchev–Trinajstić information content (AvgIpc) is 3.31. The summed E-state index contributed by atoms with van der Waals surface area (Å²) in [5.74, 6) is -0.347. The first-order chi connectivity index (χ1) is 17.2. The summed E-state index contributed by atoms with van der Waals surface area (Å²) in [7, 11) is -2.73. The van der Waals surface area contributed by atoms with Crippen molar-refractivity contribution in [1.82, 2.24) is 10.2 Å². The van der Waals surface area contributed by atoms with Gasteiger partial charge >= 0.3 is 0 Å². The maximum atomic E-state index is 13.7. The Morgan fingerprint density at radius 3 is 2.28 bits per heavy atom. The molecule has 1 aromatic heterocycles. The van der Waals surface area contributed by atoms with Crippen molar-refractivity contribution in [1.29, 1.82) is 0 Å². The van der Waals surface area contributed by atoms with Crippen molar-refractivity contribution >= 4 is 49.7 Å². The van der Waals surface area contributed by atoms with Crippen LogP contribution < -0.4 is 14.4 Å². The molecule has 0 unspecified atom stereocenters. The number of benzene rings is 3. The fourth-order valence-corrected chi connectivity index (χ4v) is 5.73. The fraction of sp³-hybridized carbons (Fsp3) is 0.160. The lowest BCUT2D eigenvalue weighted by Gasteiger charge is -2.25. The van der Waals surface area contributed by atoms with Gasteiger partial charge in [-0.25, -0.2) is 8.42 Å². The van der Waals surface area contributed by atoms with Crippen molar-refractivity contribution in [3.05, 3.63) is 82.9 Å². The van der Waals surface area contributed by atoms with Gasteiger partial charge in [0.2, 0.25) is 11.0 Å². The summed E-state index contributed by atoms with van der Waals surface area (Å²) in [4.78, 5) is 13.1. The zero-order valence-corrected chi connectivity index (χ0v) is 22.1. The molecule has 4 aromatic rings. The standard InChI is InChI=1S/C25H23ClN4O4S2/c1-16-4-8-18(9-5-16)24-28-29-25(35-24)27-23(31)15-30(21-14-19(26)10-13-22(21)34-3)36(32,33)20-11-6-17(2)7-12-20/h4-14H,15H2,1-3H3,(H,27,29,31). The van der Waals surface area contributed by atoms with Crippen LogP contribution in [0.5, 0.6) is 5.75 Å². The zero-order valence-electron chi connectivity index (χ0n) is 19.7. The number of rotatable bonds is 8. The van der Waals surface area contributed by atoms with E-state index in [4.69, 9.17) is 16.3 Å². The molecule has 0 saturated heterocycles. The Morgan fingerprint density at radius 1 is 1.00 bits per heavy atom. The maximum absolute atomic E-state index is 13.7. The van der Waals surface area contributed by atoms with Crippen molar-refractivity contribution < 1.29 is 17.9 Å². The van der Waals surface area contributed by atoms with E-state index in [0.717, 1.165) is 21.0 Å². The minimum absolute atomic E-state index is 0.0282. The van der Waals surface area contributed by atoms with Crippen LogP contribution in [-0.4, -0.2) is 38.2 Å². The molecule has 0 aliphatic carbocycles. The number of aryl methyl sites for hydroxylation is 2. The highest BCUT2D eigenvalue weighted by Crippen LogP contribution is 2.35. The molecular formula is C25H23ClN4O4S2. The second kappa shape index (κ2) is 10.7. The van der Waals surface area contributed by atoms with Crippen molar-refractivity contribution in [2.24, 2.45) is 0 Å². The molecule has 0 spiro atoms. The summed E-state index contributed by atoms with van der Waals surface area (Å²) in [6.07, 6.45) is 0. The predicted octanol–water partition coefficient (Wildman–Crippen LogP) is 5.32. The quantitative estimate of drug-likeness (QED) is 0.323. The Morgan fingerprint density at radius 2 is 1.64 bits per heavy atom. The number of hydrogen-bond donors (Lipinski definition) is 1. The van der Waals surface area contributed by atoms with Gasteiger partial charge in [0.1, 0.15) is 17.3 Å². The maximum Gasteiger partial charge on any atom is 0.264 e. The van der Waals surface area contributed by atoms with Crippen LogP contribution in [0.25, 0.3) is 10.6 Å². The first-order valence-electron chi connectivity index (χ1n) is 10.8. The summed E-state index contributed by atoms with van der Waals surface area (Å²) in [5, 5.41) is 12.0. The molecule has 4 rings (SSSR count). The second-order valence-corrected chi connectivity index (χ2v) is 11.2. The van der Waals surface area contributed by atoms with Gasteiger partial charge in [0, 0.05) is 10.6 Å². The number of aromatic nitrogens is 2. The van der Waals surface area contributed by atoms with Crippen LogP contribution in [0.15, 0.2) is 71.6 Å². The molecule has 0 radical (unpaired) electrons. The number of ether oxygens (including phenoxy) is 1. The molecule has 11 heteroatoms. The molecule has 8 nitrogen and oxygen atoms in total. The summed E-state index contributed by atoms with van der Waals surface area (Å²) in [6.45, 7) is 3.31. The molecule has 0 bridgehead atoms. The Hall–Kier alpha value is -3.47. The lowest BCUT2D eigenvalue weighted by molar-refractivity contribution is -0.114. The van der Waals surface area contributed by atoms with E-state index in [0.29, 0.717) is 10.0 Å². The SMILES string of the molecule is COc1ccc(Cl)cc1N(CC(=O)Nc1nnc(-c2ccc(C)cc2)s1)S(=O)(=O)c1ccc(C)cc1. The van der Waals surface area contributed by atoms with Crippen LogP contribution in [0, 0.1) is 13.8 Å². The van der Waals surface area contributed by atoms with Crippen LogP contribution in [0.4, 0.5) is 10.8 Å². The number of sulfonamides is 1. The molecule has 0 aliphatic heterocycles. The summed E-state index contributed by atoms with van der Waals surface area (Å²) < 4.78 is 33.6. The third kappa shape index (κ3) is 5.67. The van der Waals surface area contributed by atoms with Gasteiger partial charge in [0.15, 0.2) is 0 Å². The molecule has 3 aromatic carbocycles. The van der Waals surface area contributed by atoms with Crippen LogP contribution in [-0.2, 0) is 14.8 Å². The van der Waals surface area contributed by atoms with E-state index in [2.05, 4.69) is 15.5 Å². The minimum Gasteiger partial charge on any atom is -0.495 e. The van der Waals surface area contributed by atoms with Crippen LogP contribution in [0.2, 0.25) is 5.02 Å². The monoisotopic (exact) mass is 542 g/mol. The summed E-state index contributed by atoms with van der Waals surface area (Å²) in [5.41, 5.74) is 3.02. The highest BCUT2D eigenvalue weighted by atomic mass is 35.5. The molecule has 1 N–H and O–H groups in total. The lowest BCUT2D eigenvalue weighted by Crippen LogP contribution is -2.38. The predicted molar refractivity (Wildman–Crippen MR) is 142 cm³/mol. The molecule has 36 heavy (non-hydrogen) atoms. The van der Waals surface area contributed by atoms with E-state index in [-0.39, 0.29) is 21.5 Å². The number of hydrogen-bond acceptors (Lipinski definition) is 7. The van der Waals surface area contributed by atoms with E-state index in [9.17, 15) is 13.2 Å². The number of halogens is 1. The molecule has 1 heterocycles. The van der Waals surface area contributed by atoms with Crippen molar-refractivity contribution in [2.45, 2.75) is 18.7 Å². The molecule has 0 aliphatic rings. The van der Waals surface area contributed by atoms with Crippen molar-refractivity contribution in [2.75, 3.05) is 23.3 Å². The Balaban J connectivity index is 1.64. The first kappa shape index (κ1) is 25.6. The van der Waals surface area contributed by atoms with Gasteiger partial charge in [0.25, 0.3) is 10.0 Å². The van der Waals surface area contributed by atoms with Gasteiger partial charge in [-0.3, -0.25) is 14.4 Å². The Labute approximate surface area is 218 Å². The van der Waals surface area contributed by atoms with Crippen LogP contribution >= 0.6 is 22.9 Å². The highest BCUT2D eigenvalue weighted by Gasteiger charge is 2.30. The van der Waals surface area contributed by atoms with Crippen LogP contribution in [0.1, 0.15) is 11.1 Å². The van der Waals surface area contributed by atoms with E-state index >= 15 is 0 Å². The lowest BCUT2D eigenvalue weighted by atomic mass is 10.2. The number of amides is 1. The Bertz CT molecular complexity index is 1490. The van der Waals surface area contributed by atoms with E-state index < -0.39 is 22.5 Å². The molecule has 0 atom stereocenters. The number of carbonyl (C=O) groups excluding carboxylic acids is 1. The van der Waals surface area contributed by atoms with Gasteiger partial charge in [-0.15, -0.1) is 10.2 Å². The number of nitrogens with one attached hydrogen (secondary N) is 1. The largest absolute Gasteiger partial charge is 0.495 e. The van der Waals surface area contributed by atoms with E-state index in [1.54, 1.807) is 24.3 Å². The third-order valence-corrected chi connectivity index (χ3v) is 8.17. The summed E-state index contributed by atoms with van der Waals surface area (Å²) in [6, 6.07) is 18.7. The van der Waals surface area contributed by atoms with Crippen molar-refractivity contribution in [3.63, 3.8) is 0 Å². The number of methoxy groups -OCH3 is 1. The van der Waals surface area contributed by atoms with Gasteiger partial charge in [-0.1, -0.05) is 70.5 Å². The topological polar surface area (TPSA) is 101 Å².